The highest BCUT2D eigenvalue weighted by Crippen LogP contribution is 2.12. The minimum absolute atomic E-state index is 0.464. The van der Waals surface area contributed by atoms with Crippen molar-refractivity contribution in [3.63, 3.8) is 0 Å². The molecular formula is C18H34O3. The van der Waals surface area contributed by atoms with Crippen molar-refractivity contribution in [2.45, 2.75) is 90.4 Å². The second-order valence-corrected chi connectivity index (χ2v) is 5.79. The molecular weight excluding hydrogens is 264 g/mol. The van der Waals surface area contributed by atoms with Gasteiger partial charge in [0.1, 0.15) is 0 Å². The van der Waals surface area contributed by atoms with Crippen molar-refractivity contribution in [1.29, 1.82) is 0 Å². The average Bonchev–Trinajstić information content (AvgIpc) is 2.47. The zero-order valence-electron chi connectivity index (χ0n) is 13.7. The van der Waals surface area contributed by atoms with Gasteiger partial charge in [-0.3, -0.25) is 0 Å². The zero-order valence-corrected chi connectivity index (χ0v) is 13.7. The molecule has 124 valence electrons. The molecule has 0 unspecified atom stereocenters. The Kier molecular flexibility index (Phi) is 14.5. The molecule has 0 saturated carbocycles. The number of allylic oxidation sites excluding steroid dienone is 2. The Morgan fingerprint density at radius 3 is 1.52 bits per heavy atom. The Morgan fingerprint density at radius 1 is 0.667 bits per heavy atom. The van der Waals surface area contributed by atoms with Gasteiger partial charge in [-0.05, 0) is 18.9 Å². The van der Waals surface area contributed by atoms with E-state index in [1.54, 1.807) is 6.08 Å². The third-order valence-corrected chi connectivity index (χ3v) is 3.73. The number of aliphatic hydroxyl groups is 3. The summed E-state index contributed by atoms with van der Waals surface area (Å²) in [5.74, 6) is -1.48. The van der Waals surface area contributed by atoms with Crippen LogP contribution in [-0.2, 0) is 0 Å². The fourth-order valence-corrected chi connectivity index (χ4v) is 2.37. The zero-order chi connectivity index (χ0) is 15.8. The number of aliphatic hydroxyl groups excluding tert-OH is 2. The Bertz CT molecular complexity index is 278. The van der Waals surface area contributed by atoms with E-state index < -0.39 is 11.7 Å². The quantitative estimate of drug-likeness (QED) is 0.195. The highest BCUT2D eigenvalue weighted by Gasteiger charge is 1.95. The summed E-state index contributed by atoms with van der Waals surface area (Å²) in [5.41, 5.74) is 0. The van der Waals surface area contributed by atoms with Gasteiger partial charge < -0.3 is 15.3 Å². The molecule has 0 aliphatic carbocycles. The van der Waals surface area contributed by atoms with Gasteiger partial charge in [-0.2, -0.15) is 0 Å². The Labute approximate surface area is 130 Å². The van der Waals surface area contributed by atoms with E-state index in [9.17, 15) is 0 Å². The van der Waals surface area contributed by atoms with Gasteiger partial charge >= 0.3 is 5.95 Å². The largest absolute Gasteiger partial charge is 0.502 e. The highest BCUT2D eigenvalue weighted by atomic mass is 16.5. The Hall–Kier alpha value is -1.12. The standard InChI is InChI=1S/C18H34O3/c1-2-3-4-5-6-7-8-9-10-11-12-13-14-15-16-17(19)18(20)21/h15-16,19-21H,2-14H2,1H3. The van der Waals surface area contributed by atoms with E-state index in [1.807, 2.05) is 0 Å². The molecule has 3 heteroatoms. The van der Waals surface area contributed by atoms with Crippen LogP contribution in [0.5, 0.6) is 0 Å². The minimum atomic E-state index is -1.01. The summed E-state index contributed by atoms with van der Waals surface area (Å²) < 4.78 is 0. The van der Waals surface area contributed by atoms with Gasteiger partial charge in [0.2, 0.25) is 0 Å². The predicted molar refractivity (Wildman–Crippen MR) is 89.7 cm³/mol. The number of hydrogen-bond donors (Lipinski definition) is 3. The molecule has 0 saturated heterocycles. The fourth-order valence-electron chi connectivity index (χ4n) is 2.37. The van der Waals surface area contributed by atoms with Crippen molar-refractivity contribution in [2.24, 2.45) is 0 Å². The fraction of sp³-hybridized carbons (Fsp3) is 0.778. The SMILES string of the molecule is CCCCCCCCCCCCCCC=CC(O)=C(O)O. The van der Waals surface area contributed by atoms with Crippen molar-refractivity contribution in [3.8, 4) is 0 Å². The molecule has 3 N–H and O–H groups in total. The van der Waals surface area contributed by atoms with Gasteiger partial charge in [-0.25, -0.2) is 0 Å². The minimum Gasteiger partial charge on any atom is -0.502 e. The molecule has 0 aromatic heterocycles. The van der Waals surface area contributed by atoms with Crippen LogP contribution in [0.4, 0.5) is 0 Å². The topological polar surface area (TPSA) is 60.7 Å². The molecule has 21 heavy (non-hydrogen) atoms. The predicted octanol–water partition coefficient (Wildman–Crippen LogP) is 6.48. The highest BCUT2D eigenvalue weighted by molar-refractivity contribution is 5.09. The van der Waals surface area contributed by atoms with E-state index in [-0.39, 0.29) is 0 Å². The van der Waals surface area contributed by atoms with Crippen LogP contribution < -0.4 is 0 Å². The van der Waals surface area contributed by atoms with Gasteiger partial charge in [-0.1, -0.05) is 83.6 Å². The normalized spacial score (nSPS) is 11.1. The molecule has 0 spiro atoms. The lowest BCUT2D eigenvalue weighted by Gasteiger charge is -2.02. The van der Waals surface area contributed by atoms with Crippen LogP contribution in [0.15, 0.2) is 23.9 Å². The van der Waals surface area contributed by atoms with Crippen LogP contribution in [0.1, 0.15) is 90.4 Å². The number of unbranched alkanes of at least 4 members (excludes halogenated alkanes) is 12. The van der Waals surface area contributed by atoms with Crippen LogP contribution in [0.2, 0.25) is 0 Å². The van der Waals surface area contributed by atoms with Crippen molar-refractivity contribution in [2.75, 3.05) is 0 Å². The molecule has 0 bridgehead atoms. The van der Waals surface area contributed by atoms with Crippen molar-refractivity contribution < 1.29 is 15.3 Å². The molecule has 0 aromatic carbocycles. The lowest BCUT2D eigenvalue weighted by molar-refractivity contribution is 0.163. The maximum atomic E-state index is 9.01. The van der Waals surface area contributed by atoms with Gasteiger partial charge in [0.05, 0.1) is 0 Å². The molecule has 0 radical (unpaired) electrons. The monoisotopic (exact) mass is 298 g/mol. The van der Waals surface area contributed by atoms with Gasteiger partial charge in [0.25, 0.3) is 0 Å². The summed E-state index contributed by atoms with van der Waals surface area (Å²) >= 11 is 0. The third kappa shape index (κ3) is 15.1. The lowest BCUT2D eigenvalue weighted by Crippen LogP contribution is -1.85. The second-order valence-electron chi connectivity index (χ2n) is 5.79. The maximum absolute atomic E-state index is 9.01. The van der Waals surface area contributed by atoms with E-state index >= 15 is 0 Å². The number of hydrogen-bond acceptors (Lipinski definition) is 3. The first-order chi connectivity index (χ1) is 10.2. The van der Waals surface area contributed by atoms with E-state index in [0.29, 0.717) is 0 Å². The first kappa shape index (κ1) is 19.9. The van der Waals surface area contributed by atoms with E-state index in [0.717, 1.165) is 12.8 Å². The molecule has 0 fully saturated rings. The molecule has 3 nitrogen and oxygen atoms in total. The van der Waals surface area contributed by atoms with Gasteiger partial charge in [-0.15, -0.1) is 0 Å². The second kappa shape index (κ2) is 15.3. The van der Waals surface area contributed by atoms with Crippen LogP contribution in [0, 0.1) is 0 Å². The molecule has 0 rings (SSSR count). The summed E-state index contributed by atoms with van der Waals surface area (Å²) in [7, 11) is 0. The lowest BCUT2D eigenvalue weighted by atomic mass is 10.0. The van der Waals surface area contributed by atoms with Gasteiger partial charge in [0.15, 0.2) is 5.76 Å². The Morgan fingerprint density at radius 2 is 1.10 bits per heavy atom. The molecule has 0 atom stereocenters. The van der Waals surface area contributed by atoms with Crippen molar-refractivity contribution in [3.05, 3.63) is 23.9 Å². The van der Waals surface area contributed by atoms with Crippen LogP contribution in [-0.4, -0.2) is 15.3 Å². The van der Waals surface area contributed by atoms with Crippen LogP contribution >= 0.6 is 0 Å². The smallest absolute Gasteiger partial charge is 0.318 e. The van der Waals surface area contributed by atoms with E-state index in [2.05, 4.69) is 6.92 Å². The van der Waals surface area contributed by atoms with E-state index in [4.69, 9.17) is 15.3 Å². The Balaban J connectivity index is 3.18. The molecule has 0 amide bonds. The van der Waals surface area contributed by atoms with Gasteiger partial charge in [0, 0.05) is 0 Å². The molecule has 0 aliphatic rings. The first-order valence-electron chi connectivity index (χ1n) is 8.66. The summed E-state index contributed by atoms with van der Waals surface area (Å²) in [6.45, 7) is 2.26. The third-order valence-electron chi connectivity index (χ3n) is 3.73. The van der Waals surface area contributed by atoms with Crippen molar-refractivity contribution >= 4 is 0 Å². The summed E-state index contributed by atoms with van der Waals surface area (Å²) in [6.07, 6.45) is 19.9. The van der Waals surface area contributed by atoms with E-state index in [1.165, 1.54) is 76.7 Å². The van der Waals surface area contributed by atoms with Crippen LogP contribution in [0.3, 0.4) is 0 Å². The first-order valence-corrected chi connectivity index (χ1v) is 8.66. The van der Waals surface area contributed by atoms with Crippen molar-refractivity contribution in [1.82, 2.24) is 0 Å². The summed E-state index contributed by atoms with van der Waals surface area (Å²) in [6, 6.07) is 0. The average molecular weight is 298 g/mol. The molecule has 0 heterocycles. The molecule has 0 aliphatic heterocycles. The molecule has 0 aromatic rings. The summed E-state index contributed by atoms with van der Waals surface area (Å²) in [4.78, 5) is 0. The maximum Gasteiger partial charge on any atom is 0.318 e. The van der Waals surface area contributed by atoms with Crippen LogP contribution in [0.25, 0.3) is 0 Å². The summed E-state index contributed by atoms with van der Waals surface area (Å²) in [5, 5.41) is 26.1. The number of rotatable bonds is 14.